The number of hydrogen-bond donors (Lipinski definition) is 2. The average molecular weight is 245 g/mol. The van der Waals surface area contributed by atoms with Gasteiger partial charge in [0, 0.05) is 25.7 Å². The van der Waals surface area contributed by atoms with Crippen LogP contribution in [0.2, 0.25) is 0 Å². The van der Waals surface area contributed by atoms with Crippen molar-refractivity contribution < 1.29 is 14.6 Å². The molecule has 0 aliphatic carbocycles. The van der Waals surface area contributed by atoms with Crippen LogP contribution in [0.3, 0.4) is 0 Å². The van der Waals surface area contributed by atoms with Crippen molar-refractivity contribution in [2.75, 3.05) is 19.8 Å². The van der Waals surface area contributed by atoms with Crippen LogP contribution < -0.4 is 5.32 Å². The lowest BCUT2D eigenvalue weighted by Gasteiger charge is -2.31. The second-order valence-corrected chi connectivity index (χ2v) is 5.36. The van der Waals surface area contributed by atoms with Crippen LogP contribution in [0.25, 0.3) is 0 Å². The molecule has 1 unspecified atom stereocenters. The molecule has 0 bridgehead atoms. The molecule has 4 heteroatoms. The molecule has 0 fully saturated rings. The smallest absolute Gasteiger partial charge is 0.222 e. The molecule has 0 heterocycles. The van der Waals surface area contributed by atoms with Crippen LogP contribution in [0.15, 0.2) is 0 Å². The van der Waals surface area contributed by atoms with E-state index < -0.39 is 0 Å². The van der Waals surface area contributed by atoms with E-state index in [1.807, 2.05) is 6.92 Å². The molecule has 0 saturated carbocycles. The highest BCUT2D eigenvalue weighted by Gasteiger charge is 2.25. The van der Waals surface area contributed by atoms with Gasteiger partial charge in [-0.05, 0) is 18.3 Å². The van der Waals surface area contributed by atoms with Gasteiger partial charge < -0.3 is 15.2 Å². The number of ether oxygens (including phenoxy) is 1. The molecule has 17 heavy (non-hydrogen) atoms. The van der Waals surface area contributed by atoms with Crippen LogP contribution in [0.1, 0.15) is 47.0 Å². The number of nitrogens with one attached hydrogen (secondary N) is 1. The molecule has 0 aliphatic heterocycles. The van der Waals surface area contributed by atoms with E-state index in [0.717, 1.165) is 6.42 Å². The Kier molecular flexibility index (Phi) is 8.17. The second-order valence-electron chi connectivity index (χ2n) is 5.36. The van der Waals surface area contributed by atoms with Crippen molar-refractivity contribution in [3.63, 3.8) is 0 Å². The van der Waals surface area contributed by atoms with Crippen LogP contribution in [-0.4, -0.2) is 36.9 Å². The van der Waals surface area contributed by atoms with Gasteiger partial charge in [-0.1, -0.05) is 27.7 Å². The zero-order valence-corrected chi connectivity index (χ0v) is 11.6. The summed E-state index contributed by atoms with van der Waals surface area (Å²) >= 11 is 0. The molecule has 0 spiro atoms. The van der Waals surface area contributed by atoms with Crippen molar-refractivity contribution in [3.05, 3.63) is 0 Å². The van der Waals surface area contributed by atoms with Gasteiger partial charge in [0.1, 0.15) is 0 Å². The van der Waals surface area contributed by atoms with E-state index in [2.05, 4.69) is 26.1 Å². The highest BCUT2D eigenvalue weighted by molar-refractivity contribution is 5.76. The molecule has 0 aromatic heterocycles. The Balaban J connectivity index is 3.96. The molecule has 0 saturated heterocycles. The normalized spacial score (nSPS) is 13.5. The summed E-state index contributed by atoms with van der Waals surface area (Å²) in [5.41, 5.74) is -0.0390. The molecule has 1 atom stereocenters. The molecule has 0 rings (SSSR count). The summed E-state index contributed by atoms with van der Waals surface area (Å²) in [5.74, 6) is -0.00511. The number of hydrogen-bond acceptors (Lipinski definition) is 3. The van der Waals surface area contributed by atoms with Crippen LogP contribution in [0.4, 0.5) is 0 Å². The fourth-order valence-corrected chi connectivity index (χ4v) is 1.53. The van der Waals surface area contributed by atoms with Crippen molar-refractivity contribution in [3.8, 4) is 0 Å². The number of aliphatic hydroxyl groups excluding tert-OH is 1. The molecular weight excluding hydrogens is 218 g/mol. The molecule has 102 valence electrons. The van der Waals surface area contributed by atoms with E-state index in [9.17, 15) is 4.79 Å². The molecule has 0 aromatic carbocycles. The fourth-order valence-electron chi connectivity index (χ4n) is 1.53. The predicted octanol–water partition coefficient (Wildman–Crippen LogP) is 1.72. The highest BCUT2D eigenvalue weighted by Crippen LogP contribution is 2.21. The van der Waals surface area contributed by atoms with Gasteiger partial charge in [0.05, 0.1) is 6.61 Å². The summed E-state index contributed by atoms with van der Waals surface area (Å²) in [7, 11) is 0. The Bertz CT molecular complexity index is 211. The SMILES string of the molecule is CCCOCCC(=O)NC(CCO)C(C)(C)C. The average Bonchev–Trinajstić information content (AvgIpc) is 2.22. The van der Waals surface area contributed by atoms with Gasteiger partial charge in [-0.2, -0.15) is 0 Å². The third-order valence-corrected chi connectivity index (χ3v) is 2.62. The molecule has 0 radical (unpaired) electrons. The summed E-state index contributed by atoms with van der Waals surface area (Å²) in [6.45, 7) is 9.47. The third kappa shape index (κ3) is 8.16. The first-order chi connectivity index (χ1) is 7.91. The molecule has 1 amide bonds. The lowest BCUT2D eigenvalue weighted by atomic mass is 9.85. The minimum atomic E-state index is -0.0390. The molecule has 0 aromatic rings. The molecule has 4 nitrogen and oxygen atoms in total. The zero-order chi connectivity index (χ0) is 13.3. The molecular formula is C13H27NO3. The first-order valence-electron chi connectivity index (χ1n) is 6.39. The van der Waals surface area contributed by atoms with Crippen LogP contribution in [0.5, 0.6) is 0 Å². The maximum Gasteiger partial charge on any atom is 0.222 e. The summed E-state index contributed by atoms with van der Waals surface area (Å²) in [6.07, 6.45) is 1.94. The first-order valence-corrected chi connectivity index (χ1v) is 6.39. The Morgan fingerprint density at radius 1 is 1.35 bits per heavy atom. The van der Waals surface area contributed by atoms with Crippen molar-refractivity contribution in [1.82, 2.24) is 5.32 Å². The molecule has 0 aliphatic rings. The maximum absolute atomic E-state index is 11.7. The number of aliphatic hydroxyl groups is 1. The summed E-state index contributed by atoms with van der Waals surface area (Å²) in [4.78, 5) is 11.7. The van der Waals surface area contributed by atoms with Crippen molar-refractivity contribution in [2.45, 2.75) is 53.0 Å². The number of carbonyl (C=O) groups excluding carboxylic acids is 1. The quantitative estimate of drug-likeness (QED) is 0.640. The minimum absolute atomic E-state index is 0.00511. The lowest BCUT2D eigenvalue weighted by Crippen LogP contribution is -2.44. The fraction of sp³-hybridized carbons (Fsp3) is 0.923. The Morgan fingerprint density at radius 3 is 2.47 bits per heavy atom. The summed E-state index contributed by atoms with van der Waals surface area (Å²) < 4.78 is 5.27. The second kappa shape index (κ2) is 8.48. The first kappa shape index (κ1) is 16.4. The van der Waals surface area contributed by atoms with Gasteiger partial charge in [-0.3, -0.25) is 4.79 Å². The van der Waals surface area contributed by atoms with E-state index in [1.54, 1.807) is 0 Å². The van der Waals surface area contributed by atoms with Gasteiger partial charge in [0.25, 0.3) is 0 Å². The van der Waals surface area contributed by atoms with Crippen molar-refractivity contribution >= 4 is 5.91 Å². The third-order valence-electron chi connectivity index (χ3n) is 2.62. The van der Waals surface area contributed by atoms with Crippen LogP contribution >= 0.6 is 0 Å². The highest BCUT2D eigenvalue weighted by atomic mass is 16.5. The van der Waals surface area contributed by atoms with Crippen molar-refractivity contribution in [1.29, 1.82) is 0 Å². The standard InChI is InChI=1S/C13H27NO3/c1-5-9-17-10-7-12(16)14-11(6-8-15)13(2,3)4/h11,15H,5-10H2,1-4H3,(H,14,16). The van der Waals surface area contributed by atoms with Gasteiger partial charge in [-0.15, -0.1) is 0 Å². The number of amides is 1. The van der Waals surface area contributed by atoms with Crippen LogP contribution in [-0.2, 0) is 9.53 Å². The lowest BCUT2D eigenvalue weighted by molar-refractivity contribution is -0.123. The van der Waals surface area contributed by atoms with E-state index in [0.29, 0.717) is 26.1 Å². The Labute approximate surface area is 105 Å². The summed E-state index contributed by atoms with van der Waals surface area (Å²) in [5, 5.41) is 11.9. The minimum Gasteiger partial charge on any atom is -0.396 e. The molecule has 2 N–H and O–H groups in total. The van der Waals surface area contributed by atoms with Gasteiger partial charge in [0.15, 0.2) is 0 Å². The van der Waals surface area contributed by atoms with Gasteiger partial charge >= 0.3 is 0 Å². The Morgan fingerprint density at radius 2 is 2.00 bits per heavy atom. The van der Waals surface area contributed by atoms with E-state index in [4.69, 9.17) is 9.84 Å². The summed E-state index contributed by atoms with van der Waals surface area (Å²) in [6, 6.07) is 0.00572. The van der Waals surface area contributed by atoms with Crippen LogP contribution in [0, 0.1) is 5.41 Å². The van der Waals surface area contributed by atoms with E-state index in [-0.39, 0.29) is 24.0 Å². The number of carbonyl (C=O) groups is 1. The monoisotopic (exact) mass is 245 g/mol. The van der Waals surface area contributed by atoms with E-state index in [1.165, 1.54) is 0 Å². The van der Waals surface area contributed by atoms with Crippen molar-refractivity contribution in [2.24, 2.45) is 5.41 Å². The maximum atomic E-state index is 11.7. The Hall–Kier alpha value is -0.610. The van der Waals surface area contributed by atoms with Gasteiger partial charge in [0.2, 0.25) is 5.91 Å². The number of rotatable bonds is 8. The van der Waals surface area contributed by atoms with E-state index >= 15 is 0 Å². The zero-order valence-electron chi connectivity index (χ0n) is 11.6. The largest absolute Gasteiger partial charge is 0.396 e. The van der Waals surface area contributed by atoms with Gasteiger partial charge in [-0.25, -0.2) is 0 Å². The topological polar surface area (TPSA) is 58.6 Å². The predicted molar refractivity (Wildman–Crippen MR) is 68.8 cm³/mol.